The molecule has 5 amide bonds. The van der Waals surface area contributed by atoms with E-state index in [0.29, 0.717) is 11.3 Å². The number of benzene rings is 1. The van der Waals surface area contributed by atoms with E-state index < -0.39 is 47.1 Å². The summed E-state index contributed by atoms with van der Waals surface area (Å²) >= 11 is 0. The average Bonchev–Trinajstić information content (AvgIpc) is 3.46. The van der Waals surface area contributed by atoms with Gasteiger partial charge in [0.1, 0.15) is 0 Å². The predicted octanol–water partition coefficient (Wildman–Crippen LogP) is 0.521. The van der Waals surface area contributed by atoms with Crippen molar-refractivity contribution in [3.63, 3.8) is 0 Å². The van der Waals surface area contributed by atoms with Crippen molar-refractivity contribution in [2.45, 2.75) is 45.1 Å². The summed E-state index contributed by atoms with van der Waals surface area (Å²) in [6.45, 7) is 3.79. The van der Waals surface area contributed by atoms with E-state index in [-0.39, 0.29) is 48.0 Å². The molecule has 2 aromatic heterocycles. The number of halogens is 1. The third-order valence-electron chi connectivity index (χ3n) is 7.38. The molecular formula is C24H24FN7O6. The molecule has 3 atom stereocenters. The number of nitrogens with zero attached hydrogens (tertiary/aromatic N) is 4. The first kappa shape index (κ1) is 24.0. The van der Waals surface area contributed by atoms with Gasteiger partial charge in [-0.1, -0.05) is 5.16 Å². The Morgan fingerprint density at radius 3 is 2.68 bits per heavy atom. The van der Waals surface area contributed by atoms with Crippen LogP contribution in [0.25, 0.3) is 11.0 Å². The lowest BCUT2D eigenvalue weighted by Gasteiger charge is -2.55. The number of barbiturate groups is 1. The standard InChI is InChI=1S/C24H24FN7O6/c1-10-9-32-17-12(7-24(19(32)11(2)37-10)21(34)27-23(36)28-22(24)35)6-14-16(30-38-18(14)15(17)25)20(33)26-8-13-4-5-31(3)29-13/h4-6,10-11,19H,7-9H2,1-3H3,(H,26,33)(H2,27,28,34,35,36)/t10-,11+,19-/m0/s1. The maximum Gasteiger partial charge on any atom is 0.328 e. The van der Waals surface area contributed by atoms with Crippen LogP contribution < -0.4 is 20.9 Å². The second-order valence-electron chi connectivity index (χ2n) is 9.90. The van der Waals surface area contributed by atoms with Crippen LogP contribution in [0.4, 0.5) is 14.9 Å². The van der Waals surface area contributed by atoms with Gasteiger partial charge in [-0.15, -0.1) is 0 Å². The Labute approximate surface area is 214 Å². The number of amides is 5. The Hall–Kier alpha value is -4.33. The number of aryl methyl sites for hydroxylation is 1. The normalized spacial score (nSPS) is 24.2. The molecule has 0 unspecified atom stereocenters. The van der Waals surface area contributed by atoms with E-state index in [9.17, 15) is 19.2 Å². The number of morpholine rings is 1. The number of ether oxygens (including phenoxy) is 1. The van der Waals surface area contributed by atoms with E-state index in [2.05, 4.69) is 26.2 Å². The average molecular weight is 525 g/mol. The number of carbonyl (C=O) groups excluding carboxylic acids is 4. The van der Waals surface area contributed by atoms with Gasteiger partial charge < -0.3 is 19.5 Å². The number of rotatable bonds is 3. The van der Waals surface area contributed by atoms with Crippen molar-refractivity contribution in [3.8, 4) is 0 Å². The van der Waals surface area contributed by atoms with E-state index in [1.54, 1.807) is 42.7 Å². The molecule has 2 saturated heterocycles. The molecule has 5 heterocycles. The molecule has 14 heteroatoms. The number of anilines is 1. The molecule has 3 aromatic rings. The van der Waals surface area contributed by atoms with Crippen molar-refractivity contribution in [2.24, 2.45) is 12.5 Å². The van der Waals surface area contributed by atoms with Gasteiger partial charge in [-0.2, -0.15) is 5.10 Å². The Morgan fingerprint density at radius 2 is 2.00 bits per heavy atom. The number of urea groups is 1. The molecule has 0 bridgehead atoms. The SMILES string of the molecule is C[C@H]1CN2c3c(cc4c(C(=O)NCc5ccn(C)n5)noc4c3F)CC3(C(=O)NC(=O)NC3=O)[C@@H]2[C@@H](C)O1. The number of imide groups is 2. The molecule has 3 N–H and O–H groups in total. The minimum Gasteiger partial charge on any atom is -0.372 e. The molecule has 1 spiro atoms. The molecule has 1 aromatic carbocycles. The Bertz CT molecular complexity index is 1510. The Morgan fingerprint density at radius 1 is 1.26 bits per heavy atom. The highest BCUT2D eigenvalue weighted by molar-refractivity contribution is 6.20. The van der Waals surface area contributed by atoms with Gasteiger partial charge >= 0.3 is 6.03 Å². The van der Waals surface area contributed by atoms with Crippen LogP contribution in [0.1, 0.15) is 35.6 Å². The summed E-state index contributed by atoms with van der Waals surface area (Å²) in [6, 6.07) is 1.42. The van der Waals surface area contributed by atoms with Gasteiger partial charge in [0.25, 0.3) is 5.91 Å². The van der Waals surface area contributed by atoms with Crippen molar-refractivity contribution in [1.82, 2.24) is 30.9 Å². The minimum atomic E-state index is -1.78. The number of aromatic nitrogens is 3. The zero-order valence-electron chi connectivity index (χ0n) is 20.7. The molecule has 38 heavy (non-hydrogen) atoms. The molecule has 13 nitrogen and oxygen atoms in total. The first-order chi connectivity index (χ1) is 18.1. The summed E-state index contributed by atoms with van der Waals surface area (Å²) in [5, 5.41) is 15.2. The van der Waals surface area contributed by atoms with Gasteiger partial charge in [0, 0.05) is 26.2 Å². The van der Waals surface area contributed by atoms with E-state index in [1.165, 1.54) is 6.07 Å². The lowest BCUT2D eigenvalue weighted by atomic mass is 9.66. The highest BCUT2D eigenvalue weighted by atomic mass is 19.1. The van der Waals surface area contributed by atoms with E-state index in [1.807, 2.05) is 0 Å². The van der Waals surface area contributed by atoms with E-state index >= 15 is 4.39 Å². The zero-order valence-corrected chi connectivity index (χ0v) is 20.7. The third kappa shape index (κ3) is 3.40. The molecule has 3 aliphatic heterocycles. The van der Waals surface area contributed by atoms with Gasteiger partial charge in [-0.3, -0.25) is 29.7 Å². The zero-order chi connectivity index (χ0) is 26.9. The topological polar surface area (TPSA) is 161 Å². The highest BCUT2D eigenvalue weighted by Gasteiger charge is 2.63. The summed E-state index contributed by atoms with van der Waals surface area (Å²) in [5.41, 5.74) is -1.09. The Balaban J connectivity index is 1.46. The summed E-state index contributed by atoms with van der Waals surface area (Å²) in [4.78, 5) is 53.1. The van der Waals surface area contributed by atoms with Crippen molar-refractivity contribution >= 4 is 40.4 Å². The van der Waals surface area contributed by atoms with E-state index in [0.717, 1.165) is 0 Å². The maximum absolute atomic E-state index is 16.1. The van der Waals surface area contributed by atoms with Crippen LogP contribution in [-0.4, -0.2) is 63.5 Å². The number of hydrogen-bond donors (Lipinski definition) is 3. The molecule has 0 saturated carbocycles. The molecule has 0 aliphatic carbocycles. The largest absolute Gasteiger partial charge is 0.372 e. The number of carbonyl (C=O) groups is 4. The van der Waals surface area contributed by atoms with Crippen molar-refractivity contribution in [1.29, 1.82) is 0 Å². The monoisotopic (exact) mass is 525 g/mol. The van der Waals surface area contributed by atoms with Crippen LogP contribution in [0.3, 0.4) is 0 Å². The quantitative estimate of drug-likeness (QED) is 0.414. The Kier molecular flexibility index (Phi) is 5.28. The molecule has 2 fully saturated rings. The van der Waals surface area contributed by atoms with Crippen LogP contribution in [0.15, 0.2) is 22.9 Å². The van der Waals surface area contributed by atoms with Gasteiger partial charge in [0.15, 0.2) is 16.9 Å². The lowest BCUT2D eigenvalue weighted by Crippen LogP contribution is -2.75. The maximum atomic E-state index is 16.1. The molecule has 198 valence electrons. The van der Waals surface area contributed by atoms with Crippen molar-refractivity contribution < 1.29 is 32.8 Å². The van der Waals surface area contributed by atoms with Crippen molar-refractivity contribution in [2.75, 3.05) is 11.4 Å². The third-order valence-corrected chi connectivity index (χ3v) is 7.38. The molecule has 3 aliphatic rings. The van der Waals surface area contributed by atoms with Crippen LogP contribution in [0, 0.1) is 11.2 Å². The second kappa shape index (κ2) is 8.34. The van der Waals surface area contributed by atoms with Gasteiger partial charge in [0.05, 0.1) is 41.6 Å². The first-order valence-corrected chi connectivity index (χ1v) is 12.1. The molecule has 6 rings (SSSR count). The number of hydrogen-bond acceptors (Lipinski definition) is 9. The molecular weight excluding hydrogens is 501 g/mol. The van der Waals surface area contributed by atoms with Crippen LogP contribution in [0.2, 0.25) is 0 Å². The van der Waals surface area contributed by atoms with Crippen LogP contribution >= 0.6 is 0 Å². The highest BCUT2D eigenvalue weighted by Crippen LogP contribution is 2.49. The fourth-order valence-electron chi connectivity index (χ4n) is 5.92. The number of nitrogens with one attached hydrogen (secondary N) is 3. The first-order valence-electron chi connectivity index (χ1n) is 12.1. The van der Waals surface area contributed by atoms with Gasteiger partial charge in [0.2, 0.25) is 17.4 Å². The predicted molar refractivity (Wildman–Crippen MR) is 127 cm³/mol. The van der Waals surface area contributed by atoms with Crippen LogP contribution in [-0.2, 0) is 34.3 Å². The molecule has 0 radical (unpaired) electrons. The number of fused-ring (bicyclic) bond motifs is 5. The van der Waals surface area contributed by atoms with Gasteiger partial charge in [-0.25, -0.2) is 9.18 Å². The summed E-state index contributed by atoms with van der Waals surface area (Å²) in [5.74, 6) is -2.96. The lowest BCUT2D eigenvalue weighted by molar-refractivity contribution is -0.153. The summed E-state index contributed by atoms with van der Waals surface area (Å²) in [6.07, 6.45) is 0.493. The van der Waals surface area contributed by atoms with Gasteiger partial charge in [-0.05, 0) is 31.5 Å². The fourth-order valence-corrected chi connectivity index (χ4v) is 5.92. The van der Waals surface area contributed by atoms with Crippen molar-refractivity contribution in [3.05, 3.63) is 41.1 Å². The fraction of sp³-hybridized carbons (Fsp3) is 0.417. The minimum absolute atomic E-state index is 0.0930. The summed E-state index contributed by atoms with van der Waals surface area (Å²) < 4.78 is 28.9. The van der Waals surface area contributed by atoms with Crippen LogP contribution in [0.5, 0.6) is 0 Å². The van der Waals surface area contributed by atoms with E-state index in [4.69, 9.17) is 9.26 Å². The smallest absolute Gasteiger partial charge is 0.328 e. The second-order valence-corrected chi connectivity index (χ2v) is 9.90. The summed E-state index contributed by atoms with van der Waals surface area (Å²) in [7, 11) is 1.75.